The summed E-state index contributed by atoms with van der Waals surface area (Å²) >= 11 is 1.61. The SMILES string of the molecule is CC(C)(C)CC(C)(C)C(=O)/C=C(\O)C(C)(C)CC(C)(C)C.Cc1c(CC(C)(C)C(F)(F)F)ccc2c1sc1c(-c3[c-]c4ccccc4c(C(C)(C)C)c3)nccc12.[Ir]. The number of aliphatic hydroxyl groups excluding tert-OH is 1. The summed E-state index contributed by atoms with van der Waals surface area (Å²) in [5.41, 5.74) is 2.18. The number of aromatic nitrogens is 1. The molecule has 2 aromatic heterocycles. The number of rotatable bonds is 8. The fraction of sp³-hybridized carbons (Fsp3) is 0.520. The molecule has 0 aliphatic carbocycles. The van der Waals surface area contributed by atoms with Crippen molar-refractivity contribution in [1.82, 2.24) is 4.98 Å². The third-order valence-electron chi connectivity index (χ3n) is 10.7. The molecule has 0 atom stereocenters. The quantitative estimate of drug-likeness (QED) is 0.0957. The molecular weight excluding hydrogens is 928 g/mol. The Morgan fingerprint density at radius 3 is 1.86 bits per heavy atom. The van der Waals surface area contributed by atoms with Gasteiger partial charge in [-0.2, -0.15) is 13.2 Å². The molecule has 2 heterocycles. The number of aryl methyl sites for hydroxylation is 1. The van der Waals surface area contributed by atoms with E-state index < -0.39 is 17.0 Å². The van der Waals surface area contributed by atoms with Crippen LogP contribution in [0.15, 0.2) is 66.6 Å². The predicted molar refractivity (Wildman–Crippen MR) is 237 cm³/mol. The summed E-state index contributed by atoms with van der Waals surface area (Å²) in [7, 11) is 0. The zero-order valence-corrected chi connectivity index (χ0v) is 40.8. The molecule has 1 radical (unpaired) electrons. The van der Waals surface area contributed by atoms with E-state index in [1.54, 1.807) is 11.3 Å². The van der Waals surface area contributed by atoms with E-state index in [-0.39, 0.29) is 59.7 Å². The number of hydrogen-bond donors (Lipinski definition) is 1. The van der Waals surface area contributed by atoms with Crippen LogP contribution < -0.4 is 0 Å². The number of halogens is 3. The number of pyridine rings is 1. The van der Waals surface area contributed by atoms with Gasteiger partial charge in [0.1, 0.15) is 5.76 Å². The summed E-state index contributed by atoms with van der Waals surface area (Å²) in [6, 6.07) is 19.9. The molecule has 5 aromatic rings. The molecule has 8 heteroatoms. The number of alkyl halides is 3. The second-order valence-electron chi connectivity index (χ2n) is 21.5. The van der Waals surface area contributed by atoms with Crippen molar-refractivity contribution in [2.45, 2.75) is 142 Å². The van der Waals surface area contributed by atoms with Gasteiger partial charge in [0.2, 0.25) is 0 Å². The number of carbonyl (C=O) groups excluding carboxylic acids is 1. The van der Waals surface area contributed by atoms with Crippen LogP contribution in [0.1, 0.15) is 133 Å². The van der Waals surface area contributed by atoms with E-state index in [0.717, 1.165) is 60.8 Å². The maximum atomic E-state index is 13.6. The van der Waals surface area contributed by atoms with Gasteiger partial charge in [-0.1, -0.05) is 145 Å². The summed E-state index contributed by atoms with van der Waals surface area (Å²) in [4.78, 5) is 17.3. The van der Waals surface area contributed by atoms with Gasteiger partial charge in [-0.3, -0.25) is 9.78 Å². The largest absolute Gasteiger partial charge is 0.512 e. The van der Waals surface area contributed by atoms with Crippen molar-refractivity contribution >= 4 is 48.1 Å². The number of carbonyl (C=O) groups is 1. The van der Waals surface area contributed by atoms with Gasteiger partial charge < -0.3 is 5.11 Å². The summed E-state index contributed by atoms with van der Waals surface area (Å²) in [5.74, 6) is 0.210. The summed E-state index contributed by atoms with van der Waals surface area (Å²) < 4.78 is 42.8. The smallest absolute Gasteiger partial charge is 0.394 e. The third kappa shape index (κ3) is 11.6. The van der Waals surface area contributed by atoms with Crippen molar-refractivity contribution in [3.63, 3.8) is 0 Å². The van der Waals surface area contributed by atoms with Gasteiger partial charge >= 0.3 is 6.18 Å². The number of fused-ring (bicyclic) bond motifs is 4. The predicted octanol–water partition coefficient (Wildman–Crippen LogP) is 15.7. The van der Waals surface area contributed by atoms with E-state index in [1.807, 2.05) is 65.1 Å². The van der Waals surface area contributed by atoms with Gasteiger partial charge in [0.05, 0.1) is 5.41 Å². The number of nitrogens with zero attached hydrogens (tertiary/aromatic N) is 1. The molecule has 0 aliphatic heterocycles. The van der Waals surface area contributed by atoms with Crippen LogP contribution in [-0.4, -0.2) is 22.1 Å². The van der Waals surface area contributed by atoms with Crippen LogP contribution in [-0.2, 0) is 36.7 Å². The molecule has 0 aliphatic rings. The maximum absolute atomic E-state index is 13.6. The van der Waals surface area contributed by atoms with Crippen LogP contribution in [0.5, 0.6) is 0 Å². The molecule has 0 fully saturated rings. The average molecular weight is 993 g/mol. The van der Waals surface area contributed by atoms with Gasteiger partial charge in [-0.05, 0) is 65.0 Å². The van der Waals surface area contributed by atoms with Crippen molar-refractivity contribution in [2.24, 2.45) is 27.1 Å². The van der Waals surface area contributed by atoms with Gasteiger partial charge in [0, 0.05) is 63.7 Å². The number of ketones is 1. The molecule has 0 unspecified atom stereocenters. The van der Waals surface area contributed by atoms with Crippen molar-refractivity contribution in [2.75, 3.05) is 0 Å². The minimum Gasteiger partial charge on any atom is -0.512 e. The van der Waals surface area contributed by atoms with Crippen LogP contribution in [0.4, 0.5) is 13.2 Å². The van der Waals surface area contributed by atoms with Crippen LogP contribution in [0.2, 0.25) is 0 Å². The average Bonchev–Trinajstić information content (AvgIpc) is 3.42. The normalized spacial score (nSPS) is 13.7. The van der Waals surface area contributed by atoms with Crippen molar-refractivity contribution < 1.29 is 43.2 Å². The first kappa shape index (κ1) is 49.3. The molecule has 1 N–H and O–H groups in total. The standard InChI is InChI=1S/C31H29F3NS.C19H36O2.Ir/c1-18-20(17-30(5,6)31(32,33)34)11-12-23-24-13-14-35-26(28(24)36-27(18)23)21-15-19-9-7-8-10-22(19)25(16-21)29(2,3)4;1-16(2,3)12-18(7,8)14(20)11-15(21)19(9,10)13-17(4,5)6;/h7-14,16H,17H2,1-6H3;11,20H,12-13H2,1-10H3;/q-1;;/b;14-11-;. The van der Waals surface area contributed by atoms with E-state index >= 15 is 0 Å². The Hall–Kier alpha value is -3.06. The molecule has 0 bridgehead atoms. The van der Waals surface area contributed by atoms with Crippen molar-refractivity contribution in [3.8, 4) is 11.3 Å². The van der Waals surface area contributed by atoms with Crippen LogP contribution in [0, 0.1) is 40.1 Å². The van der Waals surface area contributed by atoms with Crippen LogP contribution in [0.25, 0.3) is 42.2 Å². The second-order valence-corrected chi connectivity index (χ2v) is 22.5. The minimum atomic E-state index is -4.26. The molecule has 0 saturated carbocycles. The van der Waals surface area contributed by atoms with Gasteiger partial charge in [0.15, 0.2) is 5.78 Å². The fourth-order valence-electron chi connectivity index (χ4n) is 8.22. The Labute approximate surface area is 363 Å². The summed E-state index contributed by atoms with van der Waals surface area (Å²) in [6.45, 7) is 31.8. The molecule has 0 spiro atoms. The summed E-state index contributed by atoms with van der Waals surface area (Å²) in [6.07, 6.45) is 0.585. The van der Waals surface area contributed by atoms with Gasteiger partial charge in [-0.25, -0.2) is 0 Å². The second kappa shape index (κ2) is 17.1. The van der Waals surface area contributed by atoms with E-state index in [9.17, 15) is 23.1 Å². The number of aliphatic hydroxyl groups is 1. The molecular formula is C50H65F3IrNO2S-. The van der Waals surface area contributed by atoms with Crippen LogP contribution >= 0.6 is 11.3 Å². The Morgan fingerprint density at radius 2 is 1.31 bits per heavy atom. The molecule has 0 amide bonds. The Balaban J connectivity index is 0.000000354. The maximum Gasteiger partial charge on any atom is 0.394 e. The first-order valence-corrected chi connectivity index (χ1v) is 20.8. The van der Waals surface area contributed by atoms with E-state index in [1.165, 1.54) is 30.9 Å². The molecule has 5 rings (SSSR count). The number of benzene rings is 3. The first-order valence-electron chi connectivity index (χ1n) is 20.0. The van der Waals surface area contributed by atoms with E-state index in [2.05, 4.69) is 92.6 Å². The monoisotopic (exact) mass is 993 g/mol. The Morgan fingerprint density at radius 1 is 0.759 bits per heavy atom. The molecule has 3 nitrogen and oxygen atoms in total. The first-order chi connectivity index (χ1) is 25.7. The number of hydrogen-bond acceptors (Lipinski definition) is 4. The Kier molecular flexibility index (Phi) is 14.6. The zero-order chi connectivity index (χ0) is 43.3. The number of thiophene rings is 1. The molecule has 3 aromatic carbocycles. The van der Waals surface area contributed by atoms with E-state index in [4.69, 9.17) is 4.98 Å². The minimum absolute atomic E-state index is 0. The van der Waals surface area contributed by atoms with E-state index in [0.29, 0.717) is 0 Å². The summed E-state index contributed by atoms with van der Waals surface area (Å²) in [5, 5.41) is 14.8. The fourth-order valence-corrected chi connectivity index (χ4v) is 9.55. The van der Waals surface area contributed by atoms with Gasteiger partial charge in [-0.15, -0.1) is 40.5 Å². The molecule has 0 saturated heterocycles. The van der Waals surface area contributed by atoms with Gasteiger partial charge in [0.25, 0.3) is 0 Å². The third-order valence-corrected chi connectivity index (χ3v) is 12.1. The number of allylic oxidation sites excluding steroid dienone is 2. The van der Waals surface area contributed by atoms with Crippen molar-refractivity contribution in [3.05, 3.63) is 89.3 Å². The molecule has 319 valence electrons. The molecule has 58 heavy (non-hydrogen) atoms. The zero-order valence-electron chi connectivity index (χ0n) is 37.6. The topological polar surface area (TPSA) is 50.2 Å². The van der Waals surface area contributed by atoms with Crippen molar-refractivity contribution in [1.29, 1.82) is 0 Å². The Bertz CT molecular complexity index is 2290. The van der Waals surface area contributed by atoms with Crippen LogP contribution in [0.3, 0.4) is 0 Å².